The smallest absolute Gasteiger partial charge is 0.317 e. The minimum Gasteiger partial charge on any atom is -0.481 e. The van der Waals surface area contributed by atoms with Crippen molar-refractivity contribution in [2.45, 2.75) is 32.6 Å². The van der Waals surface area contributed by atoms with Gasteiger partial charge in [-0.15, -0.1) is 0 Å². The van der Waals surface area contributed by atoms with Gasteiger partial charge in [-0.25, -0.2) is 4.79 Å². The summed E-state index contributed by atoms with van der Waals surface area (Å²) in [4.78, 5) is 34.7. The van der Waals surface area contributed by atoms with Gasteiger partial charge in [-0.2, -0.15) is 0 Å². The van der Waals surface area contributed by atoms with Crippen LogP contribution in [0, 0.1) is 5.92 Å². The van der Waals surface area contributed by atoms with Gasteiger partial charge in [0, 0.05) is 39.5 Å². The quantitative estimate of drug-likeness (QED) is 0.615. The molecule has 0 atom stereocenters. The molecule has 0 saturated carbocycles. The molecule has 0 aliphatic carbocycles. The Balaban J connectivity index is 2.15. The van der Waals surface area contributed by atoms with Crippen molar-refractivity contribution in [2.24, 2.45) is 5.92 Å². The molecule has 20 heavy (non-hydrogen) atoms. The lowest BCUT2D eigenvalue weighted by atomic mass is 9.97. The van der Waals surface area contributed by atoms with Crippen molar-refractivity contribution in [3.63, 3.8) is 0 Å². The van der Waals surface area contributed by atoms with Crippen LogP contribution >= 0.6 is 0 Å². The molecule has 7 heteroatoms. The van der Waals surface area contributed by atoms with Gasteiger partial charge >= 0.3 is 12.0 Å². The van der Waals surface area contributed by atoms with E-state index in [4.69, 9.17) is 5.11 Å². The molecule has 0 bridgehead atoms. The first-order chi connectivity index (χ1) is 9.49. The topological polar surface area (TPSA) is 98.7 Å². The number of nitrogens with one attached hydrogen (secondary N) is 2. The van der Waals surface area contributed by atoms with E-state index >= 15 is 0 Å². The van der Waals surface area contributed by atoms with E-state index in [1.807, 2.05) is 0 Å². The van der Waals surface area contributed by atoms with Crippen molar-refractivity contribution in [1.82, 2.24) is 15.5 Å². The van der Waals surface area contributed by atoms with Crippen LogP contribution in [-0.2, 0) is 9.59 Å². The van der Waals surface area contributed by atoms with Crippen molar-refractivity contribution in [2.75, 3.05) is 26.2 Å². The van der Waals surface area contributed by atoms with Gasteiger partial charge in [-0.05, 0) is 25.2 Å². The molecule has 7 nitrogen and oxygen atoms in total. The molecule has 3 amide bonds. The van der Waals surface area contributed by atoms with Crippen molar-refractivity contribution < 1.29 is 19.5 Å². The normalized spacial score (nSPS) is 15.8. The number of hydrogen-bond donors (Lipinski definition) is 3. The molecule has 1 saturated heterocycles. The molecule has 1 fully saturated rings. The van der Waals surface area contributed by atoms with Crippen LogP contribution in [0.2, 0.25) is 0 Å². The maximum Gasteiger partial charge on any atom is 0.317 e. The van der Waals surface area contributed by atoms with Crippen molar-refractivity contribution in [3.8, 4) is 0 Å². The number of carboxylic acids is 1. The highest BCUT2D eigenvalue weighted by Gasteiger charge is 2.22. The molecule has 0 aromatic carbocycles. The zero-order chi connectivity index (χ0) is 15.0. The van der Waals surface area contributed by atoms with Crippen molar-refractivity contribution in [3.05, 3.63) is 0 Å². The Kier molecular flexibility index (Phi) is 6.83. The van der Waals surface area contributed by atoms with E-state index in [-0.39, 0.29) is 18.4 Å². The van der Waals surface area contributed by atoms with E-state index in [1.165, 1.54) is 6.92 Å². The summed E-state index contributed by atoms with van der Waals surface area (Å²) >= 11 is 0. The molecular formula is C13H23N3O4. The second-order valence-corrected chi connectivity index (χ2v) is 5.10. The molecule has 0 radical (unpaired) electrons. The Bertz CT molecular complexity index is 352. The number of likely N-dealkylation sites (tertiary alicyclic amines) is 1. The maximum atomic E-state index is 11.8. The number of nitrogens with zero attached hydrogens (tertiary/aromatic N) is 1. The number of carboxylic acid groups (broad SMARTS) is 1. The fraction of sp³-hybridized carbons (Fsp3) is 0.769. The number of hydrogen-bond acceptors (Lipinski definition) is 3. The van der Waals surface area contributed by atoms with Gasteiger partial charge in [0.2, 0.25) is 5.91 Å². The summed E-state index contributed by atoms with van der Waals surface area (Å²) in [6.45, 7) is 3.91. The SMILES string of the molecule is CC(=O)NCC1CCN(C(=O)NCCCC(=O)O)CC1. The molecule has 1 heterocycles. The molecule has 1 aliphatic heterocycles. The monoisotopic (exact) mass is 285 g/mol. The number of rotatable bonds is 6. The number of amides is 3. The summed E-state index contributed by atoms with van der Waals surface area (Å²) in [6, 6.07) is -0.131. The molecule has 114 valence electrons. The van der Waals surface area contributed by atoms with Crippen LogP contribution in [0.15, 0.2) is 0 Å². The highest BCUT2D eigenvalue weighted by atomic mass is 16.4. The summed E-state index contributed by atoms with van der Waals surface area (Å²) < 4.78 is 0. The van der Waals surface area contributed by atoms with E-state index in [0.29, 0.717) is 38.5 Å². The van der Waals surface area contributed by atoms with Gasteiger partial charge in [0.1, 0.15) is 0 Å². The molecule has 1 rings (SSSR count). The average molecular weight is 285 g/mol. The third-order valence-electron chi connectivity index (χ3n) is 3.39. The fourth-order valence-corrected chi connectivity index (χ4v) is 2.17. The molecule has 3 N–H and O–H groups in total. The second kappa shape index (κ2) is 8.39. The first kappa shape index (κ1) is 16.3. The number of aliphatic carboxylic acids is 1. The minimum absolute atomic E-state index is 0.0244. The van der Waals surface area contributed by atoms with Gasteiger partial charge in [-0.1, -0.05) is 0 Å². The number of urea groups is 1. The van der Waals surface area contributed by atoms with Gasteiger partial charge in [0.05, 0.1) is 0 Å². The Morgan fingerprint density at radius 3 is 2.40 bits per heavy atom. The Morgan fingerprint density at radius 2 is 1.85 bits per heavy atom. The summed E-state index contributed by atoms with van der Waals surface area (Å²) in [5.41, 5.74) is 0. The second-order valence-electron chi connectivity index (χ2n) is 5.10. The first-order valence-electron chi connectivity index (χ1n) is 6.98. The number of carbonyl (C=O) groups is 3. The highest BCUT2D eigenvalue weighted by Crippen LogP contribution is 2.16. The van der Waals surface area contributed by atoms with Gasteiger partial charge in [0.15, 0.2) is 0 Å². The standard InChI is InChI=1S/C13H23N3O4/c1-10(17)15-9-11-4-7-16(8-5-11)13(20)14-6-2-3-12(18)19/h11H,2-9H2,1H3,(H,14,20)(H,15,17)(H,18,19). The lowest BCUT2D eigenvalue weighted by Gasteiger charge is -2.32. The Morgan fingerprint density at radius 1 is 1.20 bits per heavy atom. The summed E-state index contributed by atoms with van der Waals surface area (Å²) in [6.07, 6.45) is 2.27. The Labute approximate surface area is 118 Å². The van der Waals surface area contributed by atoms with Gasteiger partial charge in [0.25, 0.3) is 0 Å². The molecule has 1 aliphatic rings. The van der Waals surface area contributed by atoms with Crippen molar-refractivity contribution in [1.29, 1.82) is 0 Å². The van der Waals surface area contributed by atoms with E-state index in [1.54, 1.807) is 4.90 Å². The van der Waals surface area contributed by atoms with Gasteiger partial charge in [-0.3, -0.25) is 9.59 Å². The van der Waals surface area contributed by atoms with Crippen LogP contribution in [0.4, 0.5) is 4.79 Å². The van der Waals surface area contributed by atoms with E-state index in [2.05, 4.69) is 10.6 Å². The van der Waals surface area contributed by atoms with E-state index < -0.39 is 5.97 Å². The number of carbonyl (C=O) groups excluding carboxylic acids is 2. The largest absolute Gasteiger partial charge is 0.481 e. The van der Waals surface area contributed by atoms with Crippen LogP contribution in [0.25, 0.3) is 0 Å². The van der Waals surface area contributed by atoms with Crippen LogP contribution in [0.5, 0.6) is 0 Å². The lowest BCUT2D eigenvalue weighted by Crippen LogP contribution is -2.46. The summed E-state index contributed by atoms with van der Waals surface area (Å²) in [5.74, 6) is -0.448. The van der Waals surface area contributed by atoms with Crippen LogP contribution in [-0.4, -0.2) is 54.1 Å². The van der Waals surface area contributed by atoms with Crippen LogP contribution < -0.4 is 10.6 Å². The number of piperidine rings is 1. The third kappa shape index (κ3) is 6.40. The Hall–Kier alpha value is -1.79. The maximum absolute atomic E-state index is 11.8. The zero-order valence-corrected chi connectivity index (χ0v) is 11.9. The van der Waals surface area contributed by atoms with Gasteiger partial charge < -0.3 is 20.6 Å². The molecule has 0 unspecified atom stereocenters. The van der Waals surface area contributed by atoms with Crippen molar-refractivity contribution >= 4 is 17.9 Å². The zero-order valence-electron chi connectivity index (χ0n) is 11.9. The third-order valence-corrected chi connectivity index (χ3v) is 3.39. The molecule has 0 spiro atoms. The molecule has 0 aromatic heterocycles. The van der Waals surface area contributed by atoms with E-state index in [9.17, 15) is 14.4 Å². The summed E-state index contributed by atoms with van der Waals surface area (Å²) in [5, 5.41) is 14.0. The predicted molar refractivity (Wildman–Crippen MR) is 73.2 cm³/mol. The van der Waals surface area contributed by atoms with Crippen LogP contribution in [0.1, 0.15) is 32.6 Å². The minimum atomic E-state index is -0.849. The predicted octanol–water partition coefficient (Wildman–Crippen LogP) is 0.409. The molecular weight excluding hydrogens is 262 g/mol. The average Bonchev–Trinajstić information content (AvgIpc) is 2.41. The summed E-state index contributed by atoms with van der Waals surface area (Å²) in [7, 11) is 0. The lowest BCUT2D eigenvalue weighted by molar-refractivity contribution is -0.137. The van der Waals surface area contributed by atoms with Crippen LogP contribution in [0.3, 0.4) is 0 Å². The van der Waals surface area contributed by atoms with E-state index in [0.717, 1.165) is 12.8 Å². The fourth-order valence-electron chi connectivity index (χ4n) is 2.17. The highest BCUT2D eigenvalue weighted by molar-refractivity contribution is 5.74. The molecule has 0 aromatic rings. The first-order valence-corrected chi connectivity index (χ1v) is 6.98.